The molecule has 30 heavy (non-hydrogen) atoms. The first kappa shape index (κ1) is 24.2. The molecule has 0 heterocycles. The van der Waals surface area contributed by atoms with Gasteiger partial charge in [-0.3, -0.25) is 9.59 Å². The van der Waals surface area contributed by atoms with Crippen LogP contribution in [-0.4, -0.2) is 34.6 Å². The van der Waals surface area contributed by atoms with Crippen molar-refractivity contribution in [2.24, 2.45) is 0 Å². The van der Waals surface area contributed by atoms with Crippen molar-refractivity contribution in [3.63, 3.8) is 0 Å². The van der Waals surface area contributed by atoms with Crippen LogP contribution in [0.3, 0.4) is 0 Å². The van der Waals surface area contributed by atoms with E-state index in [2.05, 4.69) is 5.32 Å². The third kappa shape index (κ3) is 7.33. The van der Waals surface area contributed by atoms with Crippen molar-refractivity contribution < 1.29 is 14.0 Å². The summed E-state index contributed by atoms with van der Waals surface area (Å²) in [7, 11) is 0. The van der Waals surface area contributed by atoms with Crippen LogP contribution in [0.1, 0.15) is 38.3 Å². The van der Waals surface area contributed by atoms with E-state index in [9.17, 15) is 14.0 Å². The molecular weight excluding hydrogens is 423 g/mol. The zero-order chi connectivity index (χ0) is 22.1. The van der Waals surface area contributed by atoms with Gasteiger partial charge in [0.25, 0.3) is 0 Å². The van der Waals surface area contributed by atoms with Crippen molar-refractivity contribution in [3.05, 3.63) is 70.5 Å². The van der Waals surface area contributed by atoms with Gasteiger partial charge < -0.3 is 10.2 Å². The molecule has 7 heteroatoms. The molecule has 0 radical (unpaired) electrons. The van der Waals surface area contributed by atoms with Crippen LogP contribution in [0.25, 0.3) is 0 Å². The van der Waals surface area contributed by atoms with Crippen LogP contribution < -0.4 is 5.32 Å². The Morgan fingerprint density at radius 1 is 1.13 bits per heavy atom. The quantitative estimate of drug-likeness (QED) is 0.551. The molecule has 162 valence electrons. The summed E-state index contributed by atoms with van der Waals surface area (Å²) in [5, 5.41) is 3.52. The van der Waals surface area contributed by atoms with Gasteiger partial charge in [-0.25, -0.2) is 4.39 Å². The van der Waals surface area contributed by atoms with E-state index in [-0.39, 0.29) is 29.4 Å². The first-order valence-electron chi connectivity index (χ1n) is 9.97. The Balaban J connectivity index is 2.13. The molecule has 1 atom stereocenters. The molecule has 0 aromatic heterocycles. The molecule has 2 amide bonds. The minimum atomic E-state index is -0.579. The molecule has 0 spiro atoms. The molecule has 0 fully saturated rings. The molecule has 0 bridgehead atoms. The molecule has 0 aliphatic heterocycles. The van der Waals surface area contributed by atoms with E-state index < -0.39 is 6.04 Å². The summed E-state index contributed by atoms with van der Waals surface area (Å²) >= 11 is 7.31. The maximum atomic E-state index is 13.8. The Labute approximate surface area is 187 Å². The van der Waals surface area contributed by atoms with Crippen molar-refractivity contribution in [2.45, 2.75) is 51.6 Å². The zero-order valence-corrected chi connectivity index (χ0v) is 19.1. The second-order valence-electron chi connectivity index (χ2n) is 7.32. The highest BCUT2D eigenvalue weighted by atomic mass is 35.5. The second kappa shape index (κ2) is 12.0. The first-order valence-corrected chi connectivity index (χ1v) is 11.5. The number of thioether (sulfide) groups is 1. The van der Waals surface area contributed by atoms with Crippen LogP contribution in [0.5, 0.6) is 0 Å². The number of nitrogens with zero attached hydrogens (tertiary/aromatic N) is 1. The van der Waals surface area contributed by atoms with Gasteiger partial charge in [-0.15, -0.1) is 11.8 Å². The largest absolute Gasteiger partial charge is 0.352 e. The SMILES string of the molecule is CC[C@H](C(=O)NC(C)C)N(Cc1ccc(Cl)cc1)C(=O)CSCc1ccccc1F. The molecule has 0 saturated heterocycles. The first-order chi connectivity index (χ1) is 14.3. The van der Waals surface area contributed by atoms with Gasteiger partial charge in [-0.1, -0.05) is 48.9 Å². The average Bonchev–Trinajstić information content (AvgIpc) is 2.70. The number of rotatable bonds is 10. The number of carbonyl (C=O) groups excluding carboxylic acids is 2. The van der Waals surface area contributed by atoms with Crippen molar-refractivity contribution >= 4 is 35.2 Å². The number of halogens is 2. The normalized spacial score (nSPS) is 11.9. The fourth-order valence-corrected chi connectivity index (χ4v) is 4.06. The number of nitrogens with one attached hydrogen (secondary N) is 1. The summed E-state index contributed by atoms with van der Waals surface area (Å²) < 4.78 is 13.8. The Kier molecular flexibility index (Phi) is 9.66. The number of hydrogen-bond acceptors (Lipinski definition) is 3. The Bertz CT molecular complexity index is 845. The fraction of sp³-hybridized carbons (Fsp3) is 0.391. The average molecular weight is 451 g/mol. The van der Waals surface area contributed by atoms with Gasteiger partial charge >= 0.3 is 0 Å². The van der Waals surface area contributed by atoms with Crippen LogP contribution in [0.2, 0.25) is 5.02 Å². The highest BCUT2D eigenvalue weighted by molar-refractivity contribution is 7.99. The van der Waals surface area contributed by atoms with Gasteiger partial charge in [0.15, 0.2) is 0 Å². The van der Waals surface area contributed by atoms with E-state index in [0.29, 0.717) is 29.3 Å². The lowest BCUT2D eigenvalue weighted by molar-refractivity contribution is -0.139. The molecule has 0 aliphatic rings. The van der Waals surface area contributed by atoms with Gasteiger partial charge in [0.2, 0.25) is 11.8 Å². The molecule has 1 N–H and O–H groups in total. The lowest BCUT2D eigenvalue weighted by atomic mass is 10.1. The van der Waals surface area contributed by atoms with Gasteiger partial charge in [-0.05, 0) is 49.6 Å². The second-order valence-corrected chi connectivity index (χ2v) is 8.74. The summed E-state index contributed by atoms with van der Waals surface area (Å²) in [5.41, 5.74) is 1.45. The van der Waals surface area contributed by atoms with Crippen LogP contribution in [0.15, 0.2) is 48.5 Å². The van der Waals surface area contributed by atoms with Gasteiger partial charge in [0.1, 0.15) is 11.9 Å². The van der Waals surface area contributed by atoms with Crippen LogP contribution in [0.4, 0.5) is 4.39 Å². The van der Waals surface area contributed by atoms with Crippen molar-refractivity contribution in [1.29, 1.82) is 0 Å². The number of benzene rings is 2. The van der Waals surface area contributed by atoms with E-state index in [0.717, 1.165) is 5.56 Å². The Morgan fingerprint density at radius 2 is 1.80 bits per heavy atom. The third-order valence-corrected chi connectivity index (χ3v) is 5.74. The van der Waals surface area contributed by atoms with Crippen LogP contribution >= 0.6 is 23.4 Å². The maximum Gasteiger partial charge on any atom is 0.243 e. The van der Waals surface area contributed by atoms with Gasteiger partial charge in [-0.2, -0.15) is 0 Å². The molecular formula is C23H28ClFN2O2S. The Morgan fingerprint density at radius 3 is 2.40 bits per heavy atom. The topological polar surface area (TPSA) is 49.4 Å². The molecule has 4 nitrogen and oxygen atoms in total. The highest BCUT2D eigenvalue weighted by Gasteiger charge is 2.28. The molecule has 0 unspecified atom stereocenters. The van der Waals surface area contributed by atoms with E-state index in [1.54, 1.807) is 35.2 Å². The predicted octanol–water partition coefficient (Wildman–Crippen LogP) is 5.04. The minimum Gasteiger partial charge on any atom is -0.352 e. The summed E-state index contributed by atoms with van der Waals surface area (Å²) in [5.74, 6) is -0.0561. The summed E-state index contributed by atoms with van der Waals surface area (Å²) in [4.78, 5) is 27.4. The van der Waals surface area contributed by atoms with Crippen molar-refractivity contribution in [2.75, 3.05) is 5.75 Å². The molecule has 2 aromatic rings. The maximum absolute atomic E-state index is 13.8. The number of amides is 2. The van der Waals surface area contributed by atoms with Gasteiger partial charge in [0.05, 0.1) is 5.75 Å². The standard InChI is InChI=1S/C23H28ClFN2O2S/c1-4-21(23(29)26-16(2)3)27(13-17-9-11-19(24)12-10-17)22(28)15-30-14-18-7-5-6-8-20(18)25/h5-12,16,21H,4,13-15H2,1-3H3,(H,26,29)/t21-/m1/s1. The van der Waals surface area contributed by atoms with Crippen LogP contribution in [-0.2, 0) is 21.9 Å². The molecule has 0 aliphatic carbocycles. The monoisotopic (exact) mass is 450 g/mol. The lowest BCUT2D eigenvalue weighted by Gasteiger charge is -2.31. The third-order valence-electron chi connectivity index (χ3n) is 4.52. The smallest absolute Gasteiger partial charge is 0.243 e. The van der Waals surface area contributed by atoms with E-state index in [1.165, 1.54) is 17.8 Å². The summed E-state index contributed by atoms with van der Waals surface area (Å²) in [6.07, 6.45) is 0.496. The lowest BCUT2D eigenvalue weighted by Crippen LogP contribution is -2.50. The minimum absolute atomic E-state index is 0.0190. The summed E-state index contributed by atoms with van der Waals surface area (Å²) in [6, 6.07) is 13.2. The van der Waals surface area contributed by atoms with E-state index in [1.807, 2.05) is 32.9 Å². The highest BCUT2D eigenvalue weighted by Crippen LogP contribution is 2.19. The van der Waals surface area contributed by atoms with Gasteiger partial charge in [0, 0.05) is 23.4 Å². The van der Waals surface area contributed by atoms with E-state index >= 15 is 0 Å². The molecule has 0 saturated carbocycles. The van der Waals surface area contributed by atoms with Crippen molar-refractivity contribution in [3.8, 4) is 0 Å². The van der Waals surface area contributed by atoms with Crippen LogP contribution in [0, 0.1) is 5.82 Å². The molecule has 2 aromatic carbocycles. The molecule has 2 rings (SSSR count). The predicted molar refractivity (Wildman–Crippen MR) is 122 cm³/mol. The zero-order valence-electron chi connectivity index (χ0n) is 17.5. The fourth-order valence-electron chi connectivity index (χ4n) is 3.03. The van der Waals surface area contributed by atoms with Crippen molar-refractivity contribution in [1.82, 2.24) is 10.2 Å². The van der Waals surface area contributed by atoms with E-state index in [4.69, 9.17) is 11.6 Å². The Hall–Kier alpha value is -2.05. The number of hydrogen-bond donors (Lipinski definition) is 1. The summed E-state index contributed by atoms with van der Waals surface area (Å²) in [6.45, 7) is 5.97. The number of carbonyl (C=O) groups is 2.